The van der Waals surface area contributed by atoms with Crippen molar-refractivity contribution in [3.63, 3.8) is 0 Å². The van der Waals surface area contributed by atoms with Crippen LogP contribution in [0.15, 0.2) is 24.5 Å². The van der Waals surface area contributed by atoms with Crippen molar-refractivity contribution in [2.24, 2.45) is 0 Å². The number of sulfonamides is 1. The number of hydrogen-bond acceptors (Lipinski definition) is 7. The first-order chi connectivity index (χ1) is 15.4. The van der Waals surface area contributed by atoms with Gasteiger partial charge in [0.05, 0.1) is 12.5 Å². The first-order valence-corrected chi connectivity index (χ1v) is 12.7. The van der Waals surface area contributed by atoms with Gasteiger partial charge in [-0.2, -0.15) is 14.6 Å². The number of nitrogens with zero attached hydrogens (tertiary/aromatic N) is 6. The predicted molar refractivity (Wildman–Crippen MR) is 120 cm³/mol. The SMILES string of the molecule is CS(=O)(=O)N1CCC(Nc2nc3cc(-c4cn[nH]c4)cc(N4CCC(F)CC4)n3n2)CC1. The van der Waals surface area contributed by atoms with Crippen LogP contribution in [0.4, 0.5) is 16.2 Å². The van der Waals surface area contributed by atoms with E-state index in [1.54, 1.807) is 10.7 Å². The molecule has 0 aliphatic carbocycles. The van der Waals surface area contributed by atoms with E-state index < -0.39 is 16.2 Å². The highest BCUT2D eigenvalue weighted by Gasteiger charge is 2.26. The van der Waals surface area contributed by atoms with Gasteiger partial charge in [0.1, 0.15) is 12.0 Å². The summed E-state index contributed by atoms with van der Waals surface area (Å²) in [6.07, 6.45) is 6.45. The van der Waals surface area contributed by atoms with Crippen molar-refractivity contribution in [2.75, 3.05) is 42.7 Å². The fourth-order valence-electron chi connectivity index (χ4n) is 4.42. The van der Waals surface area contributed by atoms with E-state index in [2.05, 4.69) is 20.4 Å². The van der Waals surface area contributed by atoms with Gasteiger partial charge in [0.25, 0.3) is 0 Å². The van der Waals surface area contributed by atoms with E-state index in [4.69, 9.17) is 10.1 Å². The van der Waals surface area contributed by atoms with Gasteiger partial charge in [-0.1, -0.05) is 0 Å². The second-order valence-corrected chi connectivity index (χ2v) is 10.5. The predicted octanol–water partition coefficient (Wildman–Crippen LogP) is 1.89. The first-order valence-electron chi connectivity index (χ1n) is 10.9. The van der Waals surface area contributed by atoms with Gasteiger partial charge in [-0.3, -0.25) is 5.10 Å². The minimum atomic E-state index is -3.16. The summed E-state index contributed by atoms with van der Waals surface area (Å²) in [4.78, 5) is 6.84. The van der Waals surface area contributed by atoms with Crippen LogP contribution in [0.3, 0.4) is 0 Å². The molecule has 3 aromatic rings. The number of aromatic amines is 1. The molecule has 172 valence electrons. The maximum Gasteiger partial charge on any atom is 0.243 e. The van der Waals surface area contributed by atoms with Gasteiger partial charge in [0, 0.05) is 44.0 Å². The molecule has 0 spiro atoms. The molecule has 0 atom stereocenters. The number of pyridine rings is 1. The standard InChI is InChI=1S/C20H27FN8O2S/c1-32(30,31)28-8-4-17(5-9-28)24-20-25-18-10-14(15-12-22-23-13-15)11-19(29(18)26-20)27-6-2-16(21)3-7-27/h10-13,16-17H,2-9H2,1H3,(H,22,23)(H,24,26). The lowest BCUT2D eigenvalue weighted by Gasteiger charge is -2.31. The van der Waals surface area contributed by atoms with Crippen LogP contribution >= 0.6 is 0 Å². The minimum absolute atomic E-state index is 0.101. The normalized spacial score (nSPS) is 19.6. The van der Waals surface area contributed by atoms with Crippen LogP contribution in [0, 0.1) is 0 Å². The van der Waals surface area contributed by atoms with Gasteiger partial charge in [0.2, 0.25) is 16.0 Å². The van der Waals surface area contributed by atoms with Crippen molar-refractivity contribution in [3.05, 3.63) is 24.5 Å². The summed E-state index contributed by atoms with van der Waals surface area (Å²) < 4.78 is 40.5. The van der Waals surface area contributed by atoms with E-state index in [-0.39, 0.29) is 6.04 Å². The van der Waals surface area contributed by atoms with Crippen LogP contribution in [0.5, 0.6) is 0 Å². The highest BCUT2D eigenvalue weighted by atomic mass is 32.2. The van der Waals surface area contributed by atoms with Crippen LogP contribution in [-0.4, -0.2) is 82.2 Å². The Morgan fingerprint density at radius 2 is 1.84 bits per heavy atom. The Balaban J connectivity index is 1.42. The second kappa shape index (κ2) is 8.32. The summed E-state index contributed by atoms with van der Waals surface area (Å²) in [5.74, 6) is 1.38. The molecule has 0 bridgehead atoms. The van der Waals surface area contributed by atoms with Crippen molar-refractivity contribution >= 4 is 27.4 Å². The molecule has 2 aliphatic rings. The monoisotopic (exact) mass is 462 g/mol. The highest BCUT2D eigenvalue weighted by Crippen LogP contribution is 2.29. The number of nitrogens with one attached hydrogen (secondary N) is 2. The lowest BCUT2D eigenvalue weighted by atomic mass is 10.1. The van der Waals surface area contributed by atoms with E-state index in [9.17, 15) is 12.8 Å². The molecule has 32 heavy (non-hydrogen) atoms. The molecule has 0 unspecified atom stereocenters. The number of H-pyrrole nitrogens is 1. The van der Waals surface area contributed by atoms with Crippen molar-refractivity contribution < 1.29 is 12.8 Å². The average Bonchev–Trinajstić information content (AvgIpc) is 3.43. The minimum Gasteiger partial charge on any atom is -0.356 e. The average molecular weight is 463 g/mol. The third-order valence-electron chi connectivity index (χ3n) is 6.25. The molecule has 2 saturated heterocycles. The number of halogens is 1. The molecule has 0 radical (unpaired) electrons. The molecule has 0 amide bonds. The first kappa shape index (κ1) is 21.1. The molecular weight excluding hydrogens is 435 g/mol. The topological polar surface area (TPSA) is 112 Å². The van der Waals surface area contributed by atoms with Crippen molar-refractivity contribution in [2.45, 2.75) is 37.9 Å². The lowest BCUT2D eigenvalue weighted by molar-refractivity contribution is 0.276. The van der Waals surface area contributed by atoms with Gasteiger partial charge < -0.3 is 10.2 Å². The molecule has 0 saturated carbocycles. The molecule has 10 nitrogen and oxygen atoms in total. The Hall–Kier alpha value is -2.73. The van der Waals surface area contributed by atoms with Crippen LogP contribution < -0.4 is 10.2 Å². The quantitative estimate of drug-likeness (QED) is 0.596. The Bertz CT molecular complexity index is 1180. The summed E-state index contributed by atoms with van der Waals surface area (Å²) in [6.45, 7) is 2.21. The van der Waals surface area contributed by atoms with Gasteiger partial charge in [0.15, 0.2) is 5.65 Å². The number of hydrogen-bond donors (Lipinski definition) is 2. The Morgan fingerprint density at radius 1 is 1.09 bits per heavy atom. The van der Waals surface area contributed by atoms with E-state index in [1.807, 2.05) is 18.3 Å². The number of anilines is 2. The molecule has 2 N–H and O–H groups in total. The van der Waals surface area contributed by atoms with E-state index >= 15 is 0 Å². The largest absolute Gasteiger partial charge is 0.356 e. The fraction of sp³-hybridized carbons (Fsp3) is 0.550. The second-order valence-electron chi connectivity index (χ2n) is 8.54. The lowest BCUT2D eigenvalue weighted by Crippen LogP contribution is -2.42. The van der Waals surface area contributed by atoms with E-state index in [0.717, 1.165) is 16.9 Å². The number of fused-ring (bicyclic) bond motifs is 1. The van der Waals surface area contributed by atoms with E-state index in [0.29, 0.717) is 63.5 Å². The van der Waals surface area contributed by atoms with Crippen LogP contribution in [0.2, 0.25) is 0 Å². The molecule has 3 aromatic heterocycles. The zero-order valence-corrected chi connectivity index (χ0v) is 18.7. The van der Waals surface area contributed by atoms with Crippen LogP contribution in [0.25, 0.3) is 16.8 Å². The number of piperidine rings is 2. The molecule has 0 aromatic carbocycles. The summed E-state index contributed by atoms with van der Waals surface area (Å²) in [7, 11) is -3.16. The zero-order chi connectivity index (χ0) is 22.3. The van der Waals surface area contributed by atoms with Gasteiger partial charge in [-0.15, -0.1) is 5.10 Å². The third-order valence-corrected chi connectivity index (χ3v) is 7.56. The van der Waals surface area contributed by atoms with Crippen molar-refractivity contribution in [1.82, 2.24) is 29.1 Å². The van der Waals surface area contributed by atoms with Gasteiger partial charge >= 0.3 is 0 Å². The summed E-state index contributed by atoms with van der Waals surface area (Å²) in [5, 5.41) is 15.0. The summed E-state index contributed by atoms with van der Waals surface area (Å²) in [6, 6.07) is 4.10. The fourth-order valence-corrected chi connectivity index (χ4v) is 5.29. The van der Waals surface area contributed by atoms with Crippen LogP contribution in [0.1, 0.15) is 25.7 Å². The molecule has 5 rings (SSSR count). The number of alkyl halides is 1. The molecule has 12 heteroatoms. The summed E-state index contributed by atoms with van der Waals surface area (Å²) in [5.41, 5.74) is 2.60. The molecular formula is C20H27FN8O2S. The maximum absolute atomic E-state index is 13.7. The van der Waals surface area contributed by atoms with Crippen molar-refractivity contribution in [1.29, 1.82) is 0 Å². The maximum atomic E-state index is 13.7. The Kier molecular flexibility index (Phi) is 5.49. The Labute approximate surface area is 185 Å². The van der Waals surface area contributed by atoms with Crippen molar-refractivity contribution in [3.8, 4) is 11.1 Å². The number of aromatic nitrogens is 5. The summed E-state index contributed by atoms with van der Waals surface area (Å²) >= 11 is 0. The zero-order valence-electron chi connectivity index (χ0n) is 17.9. The smallest absolute Gasteiger partial charge is 0.243 e. The molecule has 2 fully saturated rings. The van der Waals surface area contributed by atoms with E-state index in [1.165, 1.54) is 10.6 Å². The van der Waals surface area contributed by atoms with Gasteiger partial charge in [-0.25, -0.2) is 17.1 Å². The molecule has 2 aliphatic heterocycles. The van der Waals surface area contributed by atoms with Crippen LogP contribution in [-0.2, 0) is 10.0 Å². The Morgan fingerprint density at radius 3 is 2.50 bits per heavy atom. The highest BCUT2D eigenvalue weighted by molar-refractivity contribution is 7.88. The van der Waals surface area contributed by atoms with Gasteiger partial charge in [-0.05, 0) is 43.4 Å². The third kappa shape index (κ3) is 4.29. The number of rotatable bonds is 5. The molecule has 5 heterocycles.